The van der Waals surface area contributed by atoms with E-state index in [0.717, 1.165) is 15.7 Å². The number of hydrogen-bond donors (Lipinski definition) is 1. The number of anilines is 1. The Morgan fingerprint density at radius 1 is 1.19 bits per heavy atom. The quantitative estimate of drug-likeness (QED) is 0.748. The fraction of sp³-hybridized carbons (Fsp3) is 0.294. The molecule has 0 radical (unpaired) electrons. The van der Waals surface area contributed by atoms with Crippen molar-refractivity contribution < 1.29 is 4.79 Å². The molecule has 1 N–H and O–H groups in total. The SMILES string of the molecule is Cc1cc(C)c(NC(=O)Cn2cnc3c2c(=O)n(C)c(=O)n3C)c(Cl)c1. The average Bonchev–Trinajstić information content (AvgIpc) is 2.98. The third-order valence-electron chi connectivity index (χ3n) is 4.23. The molecule has 8 nitrogen and oxygen atoms in total. The third kappa shape index (κ3) is 2.92. The first-order chi connectivity index (χ1) is 12.2. The molecule has 136 valence electrons. The largest absolute Gasteiger partial charge is 0.332 e. The van der Waals surface area contributed by atoms with Gasteiger partial charge >= 0.3 is 5.69 Å². The van der Waals surface area contributed by atoms with Crippen molar-refractivity contribution in [2.24, 2.45) is 14.1 Å². The lowest BCUT2D eigenvalue weighted by Crippen LogP contribution is -2.37. The van der Waals surface area contributed by atoms with Gasteiger partial charge in [-0.15, -0.1) is 0 Å². The van der Waals surface area contributed by atoms with Crippen molar-refractivity contribution in [2.45, 2.75) is 20.4 Å². The van der Waals surface area contributed by atoms with E-state index in [-0.39, 0.29) is 23.6 Å². The van der Waals surface area contributed by atoms with Crippen molar-refractivity contribution in [3.05, 3.63) is 55.4 Å². The number of fused-ring (bicyclic) bond motifs is 1. The summed E-state index contributed by atoms with van der Waals surface area (Å²) < 4.78 is 3.68. The Morgan fingerprint density at radius 2 is 1.88 bits per heavy atom. The molecule has 0 atom stereocenters. The minimum atomic E-state index is -0.502. The van der Waals surface area contributed by atoms with E-state index >= 15 is 0 Å². The summed E-state index contributed by atoms with van der Waals surface area (Å²) in [6.45, 7) is 3.64. The van der Waals surface area contributed by atoms with E-state index in [2.05, 4.69) is 10.3 Å². The Kier molecular flexibility index (Phi) is 4.45. The van der Waals surface area contributed by atoms with Gasteiger partial charge < -0.3 is 9.88 Å². The summed E-state index contributed by atoms with van der Waals surface area (Å²) in [4.78, 5) is 40.9. The molecule has 0 saturated heterocycles. The monoisotopic (exact) mass is 375 g/mol. The summed E-state index contributed by atoms with van der Waals surface area (Å²) in [6.07, 6.45) is 1.37. The number of imidazole rings is 1. The minimum absolute atomic E-state index is 0.131. The normalized spacial score (nSPS) is 11.1. The van der Waals surface area contributed by atoms with Crippen LogP contribution in [-0.4, -0.2) is 24.6 Å². The number of nitrogens with zero attached hydrogens (tertiary/aromatic N) is 4. The summed E-state index contributed by atoms with van der Waals surface area (Å²) >= 11 is 6.21. The lowest BCUT2D eigenvalue weighted by Gasteiger charge is -2.12. The predicted octanol–water partition coefficient (Wildman–Crippen LogP) is 1.34. The van der Waals surface area contributed by atoms with Crippen LogP contribution in [0, 0.1) is 13.8 Å². The van der Waals surface area contributed by atoms with Crippen LogP contribution in [0.25, 0.3) is 11.2 Å². The standard InChI is InChI=1S/C17H18ClN5O3/c1-9-5-10(2)13(11(18)6-9)20-12(24)7-23-8-19-15-14(23)16(25)22(4)17(26)21(15)3/h5-6,8H,7H2,1-4H3,(H,20,24). The molecule has 0 aliphatic carbocycles. The van der Waals surface area contributed by atoms with Gasteiger partial charge in [-0.25, -0.2) is 9.78 Å². The second-order valence-corrected chi connectivity index (χ2v) is 6.64. The van der Waals surface area contributed by atoms with Crippen LogP contribution < -0.4 is 16.6 Å². The number of aromatic nitrogens is 4. The maximum Gasteiger partial charge on any atom is 0.332 e. The molecule has 2 heterocycles. The van der Waals surface area contributed by atoms with Crippen LogP contribution in [0.3, 0.4) is 0 Å². The van der Waals surface area contributed by atoms with Crippen molar-refractivity contribution in [2.75, 3.05) is 5.32 Å². The fourth-order valence-corrected chi connectivity index (χ4v) is 3.29. The minimum Gasteiger partial charge on any atom is -0.323 e. The van der Waals surface area contributed by atoms with E-state index in [1.165, 1.54) is 29.6 Å². The molecule has 0 aliphatic heterocycles. The first-order valence-corrected chi connectivity index (χ1v) is 8.26. The number of rotatable bonds is 3. The Hall–Kier alpha value is -2.87. The maximum atomic E-state index is 12.5. The van der Waals surface area contributed by atoms with Gasteiger partial charge in [0.15, 0.2) is 11.2 Å². The molecular formula is C17H18ClN5O3. The molecule has 0 spiro atoms. The Labute approximate surface area is 153 Å². The van der Waals surface area contributed by atoms with Crippen molar-refractivity contribution in [3.8, 4) is 0 Å². The Morgan fingerprint density at radius 3 is 2.54 bits per heavy atom. The van der Waals surface area contributed by atoms with Crippen LogP contribution in [0.15, 0.2) is 28.0 Å². The molecule has 0 fully saturated rings. The highest BCUT2D eigenvalue weighted by molar-refractivity contribution is 6.34. The topological polar surface area (TPSA) is 90.9 Å². The van der Waals surface area contributed by atoms with Gasteiger partial charge in [-0.05, 0) is 31.0 Å². The molecule has 3 aromatic rings. The summed E-state index contributed by atoms with van der Waals surface area (Å²) in [5, 5.41) is 3.22. The van der Waals surface area contributed by atoms with Gasteiger partial charge in [0.2, 0.25) is 5.91 Å². The van der Waals surface area contributed by atoms with Crippen molar-refractivity contribution >= 4 is 34.4 Å². The molecule has 0 saturated carbocycles. The molecule has 26 heavy (non-hydrogen) atoms. The Bertz CT molecular complexity index is 1130. The van der Waals surface area contributed by atoms with E-state index in [0.29, 0.717) is 10.7 Å². The summed E-state index contributed by atoms with van der Waals surface area (Å²) in [5.41, 5.74) is 1.82. The van der Waals surface area contributed by atoms with Crippen LogP contribution in [0.5, 0.6) is 0 Å². The van der Waals surface area contributed by atoms with Crippen LogP contribution in [0.1, 0.15) is 11.1 Å². The lowest BCUT2D eigenvalue weighted by molar-refractivity contribution is -0.116. The van der Waals surface area contributed by atoms with Crippen LogP contribution in [0.2, 0.25) is 5.02 Å². The van der Waals surface area contributed by atoms with E-state index < -0.39 is 11.2 Å². The number of nitrogens with one attached hydrogen (secondary N) is 1. The van der Waals surface area contributed by atoms with Crippen LogP contribution in [0.4, 0.5) is 5.69 Å². The fourth-order valence-electron chi connectivity index (χ4n) is 2.92. The average molecular weight is 376 g/mol. The lowest BCUT2D eigenvalue weighted by atomic mass is 10.1. The number of benzene rings is 1. The predicted molar refractivity (Wildman–Crippen MR) is 99.8 cm³/mol. The highest BCUT2D eigenvalue weighted by Gasteiger charge is 2.17. The Balaban J connectivity index is 1.97. The molecule has 1 aromatic carbocycles. The number of carbonyl (C=O) groups excluding carboxylic acids is 1. The molecule has 0 aliphatic rings. The van der Waals surface area contributed by atoms with E-state index in [1.807, 2.05) is 19.9 Å². The van der Waals surface area contributed by atoms with E-state index in [9.17, 15) is 14.4 Å². The van der Waals surface area contributed by atoms with Gasteiger partial charge in [0.05, 0.1) is 17.0 Å². The molecular weight excluding hydrogens is 358 g/mol. The van der Waals surface area contributed by atoms with Gasteiger partial charge in [0.1, 0.15) is 6.54 Å². The zero-order valence-electron chi connectivity index (χ0n) is 14.8. The third-order valence-corrected chi connectivity index (χ3v) is 4.53. The van der Waals surface area contributed by atoms with Gasteiger partial charge in [0, 0.05) is 14.1 Å². The molecule has 3 rings (SSSR count). The van der Waals surface area contributed by atoms with Crippen LogP contribution >= 0.6 is 11.6 Å². The van der Waals surface area contributed by atoms with Gasteiger partial charge in [-0.2, -0.15) is 0 Å². The van der Waals surface area contributed by atoms with E-state index in [4.69, 9.17) is 11.6 Å². The zero-order chi connectivity index (χ0) is 19.2. The van der Waals surface area contributed by atoms with E-state index in [1.54, 1.807) is 6.07 Å². The van der Waals surface area contributed by atoms with Crippen molar-refractivity contribution in [1.29, 1.82) is 0 Å². The maximum absolute atomic E-state index is 12.5. The second-order valence-electron chi connectivity index (χ2n) is 6.24. The first kappa shape index (κ1) is 17.9. The molecule has 9 heteroatoms. The highest BCUT2D eigenvalue weighted by atomic mass is 35.5. The molecule has 1 amide bonds. The number of amides is 1. The van der Waals surface area contributed by atoms with Crippen molar-refractivity contribution in [3.63, 3.8) is 0 Å². The van der Waals surface area contributed by atoms with Crippen molar-refractivity contribution in [1.82, 2.24) is 18.7 Å². The number of aryl methyl sites for hydroxylation is 3. The number of hydrogen-bond acceptors (Lipinski definition) is 4. The second kappa shape index (κ2) is 6.45. The zero-order valence-corrected chi connectivity index (χ0v) is 15.6. The molecule has 0 bridgehead atoms. The smallest absolute Gasteiger partial charge is 0.323 e. The number of carbonyl (C=O) groups is 1. The molecule has 2 aromatic heterocycles. The summed E-state index contributed by atoms with van der Waals surface area (Å²) in [6, 6.07) is 3.68. The van der Waals surface area contributed by atoms with Gasteiger partial charge in [0.25, 0.3) is 5.56 Å². The summed E-state index contributed by atoms with van der Waals surface area (Å²) in [7, 11) is 2.91. The summed E-state index contributed by atoms with van der Waals surface area (Å²) in [5.74, 6) is -0.353. The highest BCUT2D eigenvalue weighted by Crippen LogP contribution is 2.27. The first-order valence-electron chi connectivity index (χ1n) is 7.88. The van der Waals surface area contributed by atoms with Gasteiger partial charge in [-0.3, -0.25) is 18.7 Å². The molecule has 0 unspecified atom stereocenters. The van der Waals surface area contributed by atoms with Crippen LogP contribution in [-0.2, 0) is 25.4 Å². The number of halogens is 1. The van der Waals surface area contributed by atoms with Gasteiger partial charge in [-0.1, -0.05) is 17.7 Å².